The van der Waals surface area contributed by atoms with Crippen LogP contribution in [0.3, 0.4) is 0 Å². The van der Waals surface area contributed by atoms with E-state index in [9.17, 15) is 0 Å². The van der Waals surface area contributed by atoms with E-state index >= 15 is 0 Å². The van der Waals surface area contributed by atoms with Crippen molar-refractivity contribution in [2.24, 2.45) is 5.16 Å². The van der Waals surface area contributed by atoms with Gasteiger partial charge in [-0.25, -0.2) is 4.68 Å². The Hall–Kier alpha value is -2.95. The first kappa shape index (κ1) is 14.0. The summed E-state index contributed by atoms with van der Waals surface area (Å²) in [5.41, 5.74) is 3.63. The Morgan fingerprint density at radius 1 is 1.18 bits per heavy atom. The molecule has 0 fully saturated rings. The standard InChI is InChI=1S/C17H16N4O/c1-2-22-19-12-15-13-21(16-8-4-3-5-9-16)20-17(15)14-7-6-10-18-11-14/h3-13H,2H2,1H3/b19-12+. The van der Waals surface area contributed by atoms with E-state index < -0.39 is 0 Å². The van der Waals surface area contributed by atoms with Crippen molar-refractivity contribution in [3.8, 4) is 16.9 Å². The highest BCUT2D eigenvalue weighted by Gasteiger charge is 2.11. The molecule has 2 heterocycles. The average Bonchev–Trinajstić information content (AvgIpc) is 3.01. The van der Waals surface area contributed by atoms with Crippen molar-refractivity contribution < 1.29 is 4.84 Å². The maximum Gasteiger partial charge on any atom is 0.114 e. The molecule has 0 N–H and O–H groups in total. The van der Waals surface area contributed by atoms with Crippen LogP contribution in [0.1, 0.15) is 12.5 Å². The van der Waals surface area contributed by atoms with Crippen LogP contribution in [0, 0.1) is 0 Å². The number of aromatic nitrogens is 3. The highest BCUT2D eigenvalue weighted by molar-refractivity contribution is 5.88. The van der Waals surface area contributed by atoms with E-state index in [1.54, 1.807) is 18.6 Å². The predicted octanol–water partition coefficient (Wildman–Crippen LogP) is 3.30. The zero-order valence-corrected chi connectivity index (χ0v) is 12.3. The third kappa shape index (κ3) is 3.03. The third-order valence-electron chi connectivity index (χ3n) is 3.09. The second kappa shape index (κ2) is 6.67. The molecular formula is C17H16N4O. The van der Waals surface area contributed by atoms with Gasteiger partial charge in [0.05, 0.1) is 11.9 Å². The molecule has 0 saturated carbocycles. The molecular weight excluding hydrogens is 276 g/mol. The fraction of sp³-hybridized carbons (Fsp3) is 0.118. The molecule has 0 aliphatic rings. The summed E-state index contributed by atoms with van der Waals surface area (Å²) in [6, 6.07) is 13.8. The van der Waals surface area contributed by atoms with Crippen molar-refractivity contribution in [2.45, 2.75) is 6.92 Å². The number of rotatable bonds is 5. The molecule has 0 saturated heterocycles. The molecule has 0 aliphatic heterocycles. The number of oxime groups is 1. The van der Waals surface area contributed by atoms with Crippen LogP contribution in [-0.4, -0.2) is 27.6 Å². The van der Waals surface area contributed by atoms with Crippen LogP contribution in [-0.2, 0) is 4.84 Å². The zero-order valence-electron chi connectivity index (χ0n) is 12.3. The fourth-order valence-electron chi connectivity index (χ4n) is 2.09. The van der Waals surface area contributed by atoms with Gasteiger partial charge in [-0.05, 0) is 31.2 Å². The largest absolute Gasteiger partial charge is 0.396 e. The fourth-order valence-corrected chi connectivity index (χ4v) is 2.09. The van der Waals surface area contributed by atoms with Gasteiger partial charge in [-0.2, -0.15) is 5.10 Å². The maximum absolute atomic E-state index is 5.06. The van der Waals surface area contributed by atoms with Crippen molar-refractivity contribution in [1.29, 1.82) is 0 Å². The van der Waals surface area contributed by atoms with Crippen LogP contribution >= 0.6 is 0 Å². The first-order chi connectivity index (χ1) is 10.9. The SMILES string of the molecule is CCO/N=C/c1cn(-c2ccccc2)nc1-c1cccnc1. The lowest BCUT2D eigenvalue weighted by molar-refractivity contribution is 0.160. The maximum atomic E-state index is 5.06. The molecule has 3 aromatic rings. The van der Waals surface area contributed by atoms with Crippen molar-refractivity contribution >= 4 is 6.21 Å². The second-order valence-electron chi connectivity index (χ2n) is 4.61. The summed E-state index contributed by atoms with van der Waals surface area (Å²) < 4.78 is 1.83. The number of hydrogen-bond donors (Lipinski definition) is 0. The van der Waals surface area contributed by atoms with Crippen LogP contribution < -0.4 is 0 Å². The first-order valence-corrected chi connectivity index (χ1v) is 7.09. The van der Waals surface area contributed by atoms with E-state index in [4.69, 9.17) is 4.84 Å². The summed E-state index contributed by atoms with van der Waals surface area (Å²) >= 11 is 0. The Bertz CT molecular complexity index is 751. The lowest BCUT2D eigenvalue weighted by atomic mass is 10.1. The van der Waals surface area contributed by atoms with Crippen molar-refractivity contribution in [1.82, 2.24) is 14.8 Å². The Balaban J connectivity index is 2.05. The van der Waals surface area contributed by atoms with Crippen molar-refractivity contribution in [3.63, 3.8) is 0 Å². The lowest BCUT2D eigenvalue weighted by Crippen LogP contribution is -1.94. The van der Waals surface area contributed by atoms with Gasteiger partial charge in [0.1, 0.15) is 12.3 Å². The summed E-state index contributed by atoms with van der Waals surface area (Å²) in [5, 5.41) is 8.61. The van der Waals surface area contributed by atoms with E-state index in [-0.39, 0.29) is 0 Å². The molecule has 0 radical (unpaired) electrons. The molecule has 110 valence electrons. The van der Waals surface area contributed by atoms with E-state index in [1.807, 2.05) is 60.3 Å². The van der Waals surface area contributed by atoms with Gasteiger partial charge in [0.15, 0.2) is 0 Å². The topological polar surface area (TPSA) is 52.3 Å². The Labute approximate surface area is 128 Å². The van der Waals surface area contributed by atoms with Gasteiger partial charge in [0.2, 0.25) is 0 Å². The molecule has 0 aliphatic carbocycles. The summed E-state index contributed by atoms with van der Waals surface area (Å²) in [7, 11) is 0. The Morgan fingerprint density at radius 2 is 2.05 bits per heavy atom. The number of pyridine rings is 1. The first-order valence-electron chi connectivity index (χ1n) is 7.09. The smallest absolute Gasteiger partial charge is 0.114 e. The van der Waals surface area contributed by atoms with Gasteiger partial charge in [-0.1, -0.05) is 23.4 Å². The van der Waals surface area contributed by atoms with E-state index in [0.717, 1.165) is 22.5 Å². The van der Waals surface area contributed by atoms with Crippen LogP contribution in [0.25, 0.3) is 16.9 Å². The Kier molecular flexibility index (Phi) is 4.25. The van der Waals surface area contributed by atoms with Crippen LogP contribution in [0.15, 0.2) is 66.2 Å². The van der Waals surface area contributed by atoms with Crippen LogP contribution in [0.2, 0.25) is 0 Å². The Morgan fingerprint density at radius 3 is 2.77 bits per heavy atom. The molecule has 0 amide bonds. The van der Waals surface area contributed by atoms with Crippen molar-refractivity contribution in [3.05, 3.63) is 66.6 Å². The number of para-hydroxylation sites is 1. The summed E-state index contributed by atoms with van der Waals surface area (Å²) in [6.07, 6.45) is 7.14. The highest BCUT2D eigenvalue weighted by atomic mass is 16.6. The van der Waals surface area contributed by atoms with Gasteiger partial charge < -0.3 is 4.84 Å². The predicted molar refractivity (Wildman–Crippen MR) is 86.0 cm³/mol. The lowest BCUT2D eigenvalue weighted by Gasteiger charge is -1.99. The van der Waals surface area contributed by atoms with Crippen LogP contribution in [0.4, 0.5) is 0 Å². The van der Waals surface area contributed by atoms with E-state index in [0.29, 0.717) is 6.61 Å². The van der Waals surface area contributed by atoms with Gasteiger partial charge in [-0.3, -0.25) is 4.98 Å². The minimum absolute atomic E-state index is 0.533. The molecule has 5 nitrogen and oxygen atoms in total. The summed E-state index contributed by atoms with van der Waals surface area (Å²) in [4.78, 5) is 9.22. The van der Waals surface area contributed by atoms with Gasteiger partial charge >= 0.3 is 0 Å². The van der Waals surface area contributed by atoms with Gasteiger partial charge in [0, 0.05) is 29.7 Å². The molecule has 0 spiro atoms. The third-order valence-corrected chi connectivity index (χ3v) is 3.09. The molecule has 1 aromatic carbocycles. The minimum Gasteiger partial charge on any atom is -0.396 e. The molecule has 0 unspecified atom stereocenters. The van der Waals surface area contributed by atoms with Gasteiger partial charge in [0.25, 0.3) is 0 Å². The second-order valence-corrected chi connectivity index (χ2v) is 4.61. The molecule has 3 rings (SSSR count). The number of nitrogens with zero attached hydrogens (tertiary/aromatic N) is 4. The molecule has 0 bridgehead atoms. The zero-order chi connectivity index (χ0) is 15.2. The van der Waals surface area contributed by atoms with Crippen LogP contribution in [0.5, 0.6) is 0 Å². The van der Waals surface area contributed by atoms with Crippen molar-refractivity contribution in [2.75, 3.05) is 6.61 Å². The average molecular weight is 292 g/mol. The molecule has 22 heavy (non-hydrogen) atoms. The molecule has 5 heteroatoms. The summed E-state index contributed by atoms with van der Waals surface area (Å²) in [6.45, 7) is 2.43. The quantitative estimate of drug-likeness (QED) is 0.535. The normalized spacial score (nSPS) is 11.0. The highest BCUT2D eigenvalue weighted by Crippen LogP contribution is 2.21. The molecule has 0 atom stereocenters. The monoisotopic (exact) mass is 292 g/mol. The summed E-state index contributed by atoms with van der Waals surface area (Å²) in [5.74, 6) is 0. The number of hydrogen-bond acceptors (Lipinski definition) is 4. The number of benzene rings is 1. The van der Waals surface area contributed by atoms with E-state index in [1.165, 1.54) is 0 Å². The van der Waals surface area contributed by atoms with Gasteiger partial charge in [-0.15, -0.1) is 0 Å². The molecule has 2 aromatic heterocycles. The minimum atomic E-state index is 0.533. The van der Waals surface area contributed by atoms with E-state index in [2.05, 4.69) is 15.2 Å².